The smallest absolute Gasteiger partial charge is 0.0807 e. The molecule has 1 heterocycles. The predicted octanol–water partition coefficient (Wildman–Crippen LogP) is 3.55. The summed E-state index contributed by atoms with van der Waals surface area (Å²) in [6.45, 7) is 5.86. The number of aliphatic hydroxyl groups is 1. The number of rotatable bonds is 6. The molecule has 0 amide bonds. The van der Waals surface area contributed by atoms with Crippen LogP contribution in [0, 0.1) is 0 Å². The molecule has 0 spiro atoms. The summed E-state index contributed by atoms with van der Waals surface area (Å²) in [4.78, 5) is 6.33. The van der Waals surface area contributed by atoms with Crippen LogP contribution in [0.2, 0.25) is 0 Å². The number of aromatic nitrogens is 1. The van der Waals surface area contributed by atoms with Gasteiger partial charge in [-0.15, -0.1) is 0 Å². The van der Waals surface area contributed by atoms with Crippen molar-refractivity contribution in [1.29, 1.82) is 0 Å². The summed E-state index contributed by atoms with van der Waals surface area (Å²) < 4.78 is 0. The molecule has 0 aliphatic carbocycles. The van der Waals surface area contributed by atoms with Crippen molar-refractivity contribution in [2.45, 2.75) is 32.9 Å². The first-order valence-electron chi connectivity index (χ1n) is 7.17. The topological polar surface area (TPSA) is 36.4 Å². The fraction of sp³-hybridized carbons (Fsp3) is 0.353. The van der Waals surface area contributed by atoms with E-state index >= 15 is 0 Å². The summed E-state index contributed by atoms with van der Waals surface area (Å²) in [6, 6.07) is 12.2. The summed E-state index contributed by atoms with van der Waals surface area (Å²) in [6.07, 6.45) is 3.95. The highest BCUT2D eigenvalue weighted by Crippen LogP contribution is 2.29. The second-order valence-electron chi connectivity index (χ2n) is 4.85. The molecular formula is C17H22N2O. The number of hydrogen-bond donors (Lipinski definition) is 1. The molecular weight excluding hydrogens is 248 g/mol. The van der Waals surface area contributed by atoms with E-state index < -0.39 is 6.10 Å². The molecule has 1 aromatic heterocycles. The lowest BCUT2D eigenvalue weighted by Crippen LogP contribution is -2.23. The summed E-state index contributed by atoms with van der Waals surface area (Å²) >= 11 is 0. The van der Waals surface area contributed by atoms with Crippen molar-refractivity contribution in [1.82, 2.24) is 4.98 Å². The molecule has 0 saturated heterocycles. The van der Waals surface area contributed by atoms with E-state index in [1.165, 1.54) is 5.56 Å². The molecule has 106 valence electrons. The quantitative estimate of drug-likeness (QED) is 0.872. The minimum absolute atomic E-state index is 0.405. The maximum atomic E-state index is 10.2. The summed E-state index contributed by atoms with van der Waals surface area (Å²) in [5.74, 6) is 0. The monoisotopic (exact) mass is 270 g/mol. The maximum Gasteiger partial charge on any atom is 0.0807 e. The number of anilines is 1. The van der Waals surface area contributed by atoms with E-state index in [2.05, 4.69) is 22.9 Å². The van der Waals surface area contributed by atoms with Gasteiger partial charge in [-0.1, -0.05) is 25.1 Å². The Morgan fingerprint density at radius 1 is 1.10 bits per heavy atom. The van der Waals surface area contributed by atoms with Gasteiger partial charge in [0.05, 0.1) is 6.10 Å². The third-order valence-electron chi connectivity index (χ3n) is 3.53. The van der Waals surface area contributed by atoms with Crippen LogP contribution in [0.15, 0.2) is 48.8 Å². The Hall–Kier alpha value is -1.87. The molecule has 0 aliphatic rings. The van der Waals surface area contributed by atoms with Gasteiger partial charge in [0, 0.05) is 36.7 Å². The van der Waals surface area contributed by atoms with Crippen LogP contribution in [0.5, 0.6) is 0 Å². The van der Waals surface area contributed by atoms with Crippen molar-refractivity contribution in [3.8, 4) is 0 Å². The number of hydrogen-bond acceptors (Lipinski definition) is 3. The Balaban J connectivity index is 2.28. The second kappa shape index (κ2) is 7.06. The van der Waals surface area contributed by atoms with Crippen molar-refractivity contribution in [3.05, 3.63) is 59.9 Å². The van der Waals surface area contributed by atoms with Crippen molar-refractivity contribution < 1.29 is 5.11 Å². The zero-order chi connectivity index (χ0) is 14.4. The Labute approximate surface area is 120 Å². The molecule has 20 heavy (non-hydrogen) atoms. The second-order valence-corrected chi connectivity index (χ2v) is 4.85. The fourth-order valence-electron chi connectivity index (χ4n) is 2.35. The van der Waals surface area contributed by atoms with Crippen LogP contribution in [-0.2, 0) is 6.54 Å². The molecule has 3 heteroatoms. The first-order valence-corrected chi connectivity index (χ1v) is 7.17. The molecule has 1 aromatic carbocycles. The van der Waals surface area contributed by atoms with Crippen LogP contribution in [-0.4, -0.2) is 16.6 Å². The van der Waals surface area contributed by atoms with Gasteiger partial charge in [0.2, 0.25) is 0 Å². The van der Waals surface area contributed by atoms with Gasteiger partial charge in [-0.2, -0.15) is 0 Å². The number of aliphatic hydroxyl groups excluding tert-OH is 1. The Bertz CT molecular complexity index is 528. The molecule has 2 rings (SSSR count). The molecule has 0 radical (unpaired) electrons. The fourth-order valence-corrected chi connectivity index (χ4v) is 2.35. The van der Waals surface area contributed by atoms with E-state index in [0.29, 0.717) is 0 Å². The molecule has 0 fully saturated rings. The van der Waals surface area contributed by atoms with Crippen LogP contribution in [0.4, 0.5) is 5.69 Å². The number of para-hydroxylation sites is 1. The zero-order valence-corrected chi connectivity index (χ0v) is 12.2. The van der Waals surface area contributed by atoms with Gasteiger partial charge < -0.3 is 10.0 Å². The number of nitrogens with zero attached hydrogens (tertiary/aromatic N) is 2. The Morgan fingerprint density at radius 2 is 1.80 bits per heavy atom. The van der Waals surface area contributed by atoms with Gasteiger partial charge in [0.1, 0.15) is 0 Å². The number of pyridine rings is 1. The van der Waals surface area contributed by atoms with E-state index in [4.69, 9.17) is 0 Å². The lowest BCUT2D eigenvalue weighted by atomic mass is 10.0. The van der Waals surface area contributed by atoms with Crippen molar-refractivity contribution in [3.63, 3.8) is 0 Å². The number of benzene rings is 1. The molecule has 2 aromatic rings. The molecule has 0 unspecified atom stereocenters. The largest absolute Gasteiger partial charge is 0.388 e. The minimum atomic E-state index is -0.405. The molecule has 0 aliphatic heterocycles. The molecule has 1 atom stereocenters. The summed E-state index contributed by atoms with van der Waals surface area (Å²) in [5, 5.41) is 10.2. The maximum absolute atomic E-state index is 10.2. The first kappa shape index (κ1) is 14.5. The lowest BCUT2D eigenvalue weighted by Gasteiger charge is -2.27. The lowest BCUT2D eigenvalue weighted by molar-refractivity contribution is 0.174. The van der Waals surface area contributed by atoms with Gasteiger partial charge >= 0.3 is 0 Å². The Morgan fingerprint density at radius 3 is 2.45 bits per heavy atom. The molecule has 0 saturated carbocycles. The van der Waals surface area contributed by atoms with Crippen molar-refractivity contribution in [2.24, 2.45) is 0 Å². The third-order valence-corrected chi connectivity index (χ3v) is 3.53. The average Bonchev–Trinajstić information content (AvgIpc) is 2.53. The standard InChI is InChI=1S/C17H22N2O/c1-3-17(20)15-7-5-6-8-16(15)19(4-2)13-14-9-11-18-12-10-14/h5-12,17,20H,3-4,13H2,1-2H3/t17-/m1/s1. The normalized spacial score (nSPS) is 12.2. The molecule has 1 N–H and O–H groups in total. The van der Waals surface area contributed by atoms with Crippen LogP contribution < -0.4 is 4.90 Å². The van der Waals surface area contributed by atoms with E-state index in [1.807, 2.05) is 49.6 Å². The molecule has 0 bridgehead atoms. The first-order chi connectivity index (χ1) is 9.76. The van der Waals surface area contributed by atoms with Crippen molar-refractivity contribution >= 4 is 5.69 Å². The van der Waals surface area contributed by atoms with Crippen LogP contribution in [0.3, 0.4) is 0 Å². The van der Waals surface area contributed by atoms with E-state index in [9.17, 15) is 5.11 Å². The summed E-state index contributed by atoms with van der Waals surface area (Å²) in [7, 11) is 0. The van der Waals surface area contributed by atoms with E-state index in [0.717, 1.165) is 30.8 Å². The van der Waals surface area contributed by atoms with Gasteiger partial charge in [-0.05, 0) is 37.1 Å². The summed E-state index contributed by atoms with van der Waals surface area (Å²) in [5.41, 5.74) is 3.34. The minimum Gasteiger partial charge on any atom is -0.388 e. The van der Waals surface area contributed by atoms with E-state index in [1.54, 1.807) is 0 Å². The van der Waals surface area contributed by atoms with E-state index in [-0.39, 0.29) is 0 Å². The highest BCUT2D eigenvalue weighted by atomic mass is 16.3. The Kier molecular flexibility index (Phi) is 5.13. The van der Waals surface area contributed by atoms with Gasteiger partial charge in [0.15, 0.2) is 0 Å². The van der Waals surface area contributed by atoms with Crippen LogP contribution in [0.1, 0.15) is 37.5 Å². The van der Waals surface area contributed by atoms with Crippen LogP contribution >= 0.6 is 0 Å². The highest BCUT2D eigenvalue weighted by molar-refractivity contribution is 5.54. The highest BCUT2D eigenvalue weighted by Gasteiger charge is 2.14. The zero-order valence-electron chi connectivity index (χ0n) is 12.2. The SMILES string of the molecule is CC[C@@H](O)c1ccccc1N(CC)Cc1ccncc1. The van der Waals surface area contributed by atoms with Gasteiger partial charge in [0.25, 0.3) is 0 Å². The molecule has 3 nitrogen and oxygen atoms in total. The van der Waals surface area contributed by atoms with Gasteiger partial charge in [-0.3, -0.25) is 4.98 Å². The van der Waals surface area contributed by atoms with Crippen LogP contribution in [0.25, 0.3) is 0 Å². The van der Waals surface area contributed by atoms with Crippen molar-refractivity contribution in [2.75, 3.05) is 11.4 Å². The average molecular weight is 270 g/mol. The van der Waals surface area contributed by atoms with Gasteiger partial charge in [-0.25, -0.2) is 0 Å². The predicted molar refractivity (Wildman–Crippen MR) is 82.7 cm³/mol. The third kappa shape index (κ3) is 3.36.